The van der Waals surface area contributed by atoms with Crippen molar-refractivity contribution in [2.45, 2.75) is 23.8 Å². The summed E-state index contributed by atoms with van der Waals surface area (Å²) in [6.07, 6.45) is 1.66. The molecule has 0 heterocycles. The number of rotatable bonds is 3. The van der Waals surface area contributed by atoms with Gasteiger partial charge in [-0.2, -0.15) is 0 Å². The fourth-order valence-electron chi connectivity index (χ4n) is 1.43. The summed E-state index contributed by atoms with van der Waals surface area (Å²) < 4.78 is 36.2. The molecule has 98 valence electrons. The average molecular weight is 293 g/mol. The molecular formula is C10H10ClFN2O3S. The van der Waals surface area contributed by atoms with E-state index < -0.39 is 32.2 Å². The highest BCUT2D eigenvalue weighted by atomic mass is 35.5. The SMILES string of the molecule is NS(=O)(=O)c1cc(Cl)cc(C(=O)NC2CC2)c1F. The Kier molecular flexibility index (Phi) is 3.31. The molecule has 3 N–H and O–H groups in total. The molecule has 0 radical (unpaired) electrons. The van der Waals surface area contributed by atoms with E-state index in [2.05, 4.69) is 5.32 Å². The van der Waals surface area contributed by atoms with Gasteiger partial charge in [0.2, 0.25) is 10.0 Å². The number of halogens is 2. The maximum absolute atomic E-state index is 13.9. The molecule has 0 spiro atoms. The van der Waals surface area contributed by atoms with Crippen molar-refractivity contribution in [2.75, 3.05) is 0 Å². The maximum atomic E-state index is 13.9. The third kappa shape index (κ3) is 2.80. The second-order valence-corrected chi connectivity index (χ2v) is 6.02. The summed E-state index contributed by atoms with van der Waals surface area (Å²) in [5.41, 5.74) is -0.418. The Morgan fingerprint density at radius 1 is 1.44 bits per heavy atom. The van der Waals surface area contributed by atoms with Crippen molar-refractivity contribution in [3.05, 3.63) is 28.5 Å². The molecule has 8 heteroatoms. The lowest BCUT2D eigenvalue weighted by molar-refractivity contribution is 0.0946. The molecule has 0 bridgehead atoms. The molecule has 0 aromatic heterocycles. The van der Waals surface area contributed by atoms with Gasteiger partial charge in [0, 0.05) is 11.1 Å². The predicted octanol–water partition coefficient (Wildman–Crippen LogP) is 1.02. The topological polar surface area (TPSA) is 89.3 Å². The monoisotopic (exact) mass is 292 g/mol. The van der Waals surface area contributed by atoms with Crippen LogP contribution in [0, 0.1) is 5.82 Å². The lowest BCUT2D eigenvalue weighted by Gasteiger charge is -2.08. The fraction of sp³-hybridized carbons (Fsp3) is 0.300. The van der Waals surface area contributed by atoms with E-state index in [9.17, 15) is 17.6 Å². The molecule has 18 heavy (non-hydrogen) atoms. The van der Waals surface area contributed by atoms with Gasteiger partial charge in [0.25, 0.3) is 5.91 Å². The molecule has 1 fully saturated rings. The van der Waals surface area contributed by atoms with Gasteiger partial charge in [0.1, 0.15) is 4.90 Å². The lowest BCUT2D eigenvalue weighted by atomic mass is 10.2. The molecule has 2 rings (SSSR count). The van der Waals surface area contributed by atoms with Crippen LogP contribution in [0.3, 0.4) is 0 Å². The Hall–Kier alpha value is -1.18. The molecular weight excluding hydrogens is 283 g/mol. The number of benzene rings is 1. The number of carbonyl (C=O) groups excluding carboxylic acids is 1. The van der Waals surface area contributed by atoms with Crippen LogP contribution in [-0.2, 0) is 10.0 Å². The van der Waals surface area contributed by atoms with Crippen LogP contribution in [0.1, 0.15) is 23.2 Å². The van der Waals surface area contributed by atoms with E-state index in [0.29, 0.717) is 0 Å². The molecule has 1 aromatic rings. The summed E-state index contributed by atoms with van der Waals surface area (Å²) in [6, 6.07) is 1.97. The predicted molar refractivity (Wildman–Crippen MR) is 63.3 cm³/mol. The summed E-state index contributed by atoms with van der Waals surface area (Å²) in [7, 11) is -4.26. The molecule has 1 aromatic carbocycles. The normalized spacial score (nSPS) is 15.5. The Bertz CT molecular complexity index is 614. The van der Waals surface area contributed by atoms with Crippen LogP contribution < -0.4 is 10.5 Å². The van der Waals surface area contributed by atoms with Crippen molar-refractivity contribution in [3.63, 3.8) is 0 Å². The largest absolute Gasteiger partial charge is 0.349 e. The first kappa shape index (κ1) is 13.3. The highest BCUT2D eigenvalue weighted by Gasteiger charge is 2.27. The van der Waals surface area contributed by atoms with Gasteiger partial charge in [-0.15, -0.1) is 0 Å². The molecule has 0 atom stereocenters. The van der Waals surface area contributed by atoms with Crippen LogP contribution in [0.25, 0.3) is 0 Å². The van der Waals surface area contributed by atoms with E-state index in [-0.39, 0.29) is 11.1 Å². The minimum atomic E-state index is -4.26. The van der Waals surface area contributed by atoms with Gasteiger partial charge < -0.3 is 5.32 Å². The third-order valence-electron chi connectivity index (χ3n) is 2.47. The number of nitrogens with two attached hydrogens (primary N) is 1. The van der Waals surface area contributed by atoms with Crippen LogP contribution >= 0.6 is 11.6 Å². The van der Waals surface area contributed by atoms with Gasteiger partial charge in [-0.3, -0.25) is 4.79 Å². The van der Waals surface area contributed by atoms with E-state index in [1.54, 1.807) is 0 Å². The smallest absolute Gasteiger partial charge is 0.254 e. The highest BCUT2D eigenvalue weighted by molar-refractivity contribution is 7.89. The quantitative estimate of drug-likeness (QED) is 0.871. The van der Waals surface area contributed by atoms with Crippen molar-refractivity contribution in [1.29, 1.82) is 0 Å². The van der Waals surface area contributed by atoms with E-state index >= 15 is 0 Å². The van der Waals surface area contributed by atoms with E-state index in [4.69, 9.17) is 16.7 Å². The number of sulfonamides is 1. The Morgan fingerprint density at radius 2 is 2.06 bits per heavy atom. The molecule has 5 nitrogen and oxygen atoms in total. The molecule has 1 aliphatic carbocycles. The van der Waals surface area contributed by atoms with Crippen LogP contribution in [0.2, 0.25) is 5.02 Å². The van der Waals surface area contributed by atoms with Crippen LogP contribution in [0.4, 0.5) is 4.39 Å². The van der Waals surface area contributed by atoms with E-state index in [0.717, 1.165) is 25.0 Å². The van der Waals surface area contributed by atoms with Gasteiger partial charge in [-0.25, -0.2) is 17.9 Å². The second kappa shape index (κ2) is 4.49. The van der Waals surface area contributed by atoms with Crippen molar-refractivity contribution >= 4 is 27.5 Å². The summed E-state index contributed by atoms with van der Waals surface area (Å²) in [5.74, 6) is -1.87. The van der Waals surface area contributed by atoms with Gasteiger partial charge in [-0.05, 0) is 25.0 Å². The molecule has 1 saturated carbocycles. The number of hydrogen-bond acceptors (Lipinski definition) is 3. The average Bonchev–Trinajstić information content (AvgIpc) is 3.03. The van der Waals surface area contributed by atoms with Crippen molar-refractivity contribution in [1.82, 2.24) is 5.32 Å². The van der Waals surface area contributed by atoms with Gasteiger partial charge in [-0.1, -0.05) is 11.6 Å². The van der Waals surface area contributed by atoms with Crippen molar-refractivity contribution < 1.29 is 17.6 Å². The van der Waals surface area contributed by atoms with Crippen LogP contribution in [-0.4, -0.2) is 20.4 Å². The standard InChI is InChI=1S/C10H10ClFN2O3S/c11-5-3-7(10(15)14-6-1-2-6)9(12)8(4-5)18(13,16)17/h3-4,6H,1-2H2,(H,14,15)(H2,13,16,17). The lowest BCUT2D eigenvalue weighted by Crippen LogP contribution is -2.27. The first-order chi connectivity index (χ1) is 8.29. The molecule has 1 aliphatic rings. The first-order valence-electron chi connectivity index (χ1n) is 5.12. The number of primary sulfonamides is 1. The van der Waals surface area contributed by atoms with Crippen LogP contribution in [0.5, 0.6) is 0 Å². The molecule has 1 amide bonds. The number of amides is 1. The van der Waals surface area contributed by atoms with Gasteiger partial charge in [0.05, 0.1) is 5.56 Å². The highest BCUT2D eigenvalue weighted by Crippen LogP contribution is 2.24. The molecule has 0 saturated heterocycles. The van der Waals surface area contributed by atoms with E-state index in [1.807, 2.05) is 0 Å². The fourth-order valence-corrected chi connectivity index (χ4v) is 2.36. The molecule has 0 aliphatic heterocycles. The summed E-state index contributed by atoms with van der Waals surface area (Å²) in [4.78, 5) is 10.9. The second-order valence-electron chi connectivity index (χ2n) is 4.06. The van der Waals surface area contributed by atoms with E-state index in [1.165, 1.54) is 0 Å². The minimum Gasteiger partial charge on any atom is -0.349 e. The number of hydrogen-bond donors (Lipinski definition) is 2. The van der Waals surface area contributed by atoms with Crippen molar-refractivity contribution in [2.24, 2.45) is 5.14 Å². The summed E-state index contributed by atoms with van der Waals surface area (Å²) in [6.45, 7) is 0. The zero-order chi connectivity index (χ0) is 13.5. The van der Waals surface area contributed by atoms with Gasteiger partial charge >= 0.3 is 0 Å². The maximum Gasteiger partial charge on any atom is 0.254 e. The third-order valence-corrected chi connectivity index (χ3v) is 3.60. The minimum absolute atomic E-state index is 0.0221. The summed E-state index contributed by atoms with van der Waals surface area (Å²) >= 11 is 5.66. The van der Waals surface area contributed by atoms with Gasteiger partial charge in [0.15, 0.2) is 5.82 Å². The van der Waals surface area contributed by atoms with Crippen LogP contribution in [0.15, 0.2) is 17.0 Å². The molecule has 0 unspecified atom stereocenters. The Labute approximate surface area is 108 Å². The Balaban J connectivity index is 2.47. The van der Waals surface area contributed by atoms with Crippen molar-refractivity contribution in [3.8, 4) is 0 Å². The first-order valence-corrected chi connectivity index (χ1v) is 7.04. The summed E-state index contributed by atoms with van der Waals surface area (Å²) in [5, 5.41) is 7.33. The Morgan fingerprint density at radius 3 is 2.56 bits per heavy atom. The number of nitrogens with one attached hydrogen (secondary N) is 1. The number of carbonyl (C=O) groups is 1. The zero-order valence-electron chi connectivity index (χ0n) is 9.11. The zero-order valence-corrected chi connectivity index (χ0v) is 10.7.